The molecule has 0 unspecified atom stereocenters. The third kappa shape index (κ3) is 2.51. The number of hydrogen-bond acceptors (Lipinski definition) is 2. The van der Waals surface area contributed by atoms with Crippen LogP contribution in [-0.2, 0) is 6.54 Å². The lowest BCUT2D eigenvalue weighted by Crippen LogP contribution is -2.23. The molecule has 0 spiro atoms. The van der Waals surface area contributed by atoms with E-state index in [1.54, 1.807) is 23.5 Å². The van der Waals surface area contributed by atoms with Gasteiger partial charge in [-0.25, -0.2) is 4.39 Å². The largest absolute Gasteiger partial charge is 0.350 e. The summed E-state index contributed by atoms with van der Waals surface area (Å²) in [5.41, 5.74) is 2.38. The molecular weight excluding hydrogens is 263 g/mol. The van der Waals surface area contributed by atoms with Crippen LogP contribution in [-0.4, -0.2) is 10.9 Å². The number of hydrogen-bond donors (Lipinski definition) is 2. The predicted octanol–water partition coefficient (Wildman–Crippen LogP) is 3.30. The SMILES string of the molecule is O=C(NCc1ccc(F)cc1)c1cc2sccc2[nH]1. The molecule has 0 fully saturated rings. The summed E-state index contributed by atoms with van der Waals surface area (Å²) in [7, 11) is 0. The van der Waals surface area contributed by atoms with Crippen LogP contribution in [0.25, 0.3) is 10.2 Å². The quantitative estimate of drug-likeness (QED) is 0.756. The number of aromatic amines is 1. The number of halogens is 1. The van der Waals surface area contributed by atoms with E-state index in [-0.39, 0.29) is 11.7 Å². The third-order valence-electron chi connectivity index (χ3n) is 2.85. The molecule has 2 aromatic heterocycles. The van der Waals surface area contributed by atoms with Gasteiger partial charge in [-0.3, -0.25) is 4.79 Å². The summed E-state index contributed by atoms with van der Waals surface area (Å²) < 4.78 is 13.8. The van der Waals surface area contributed by atoms with Crippen LogP contribution in [0.15, 0.2) is 41.8 Å². The van der Waals surface area contributed by atoms with Gasteiger partial charge in [0, 0.05) is 6.54 Å². The topological polar surface area (TPSA) is 44.9 Å². The van der Waals surface area contributed by atoms with Gasteiger partial charge in [-0.1, -0.05) is 12.1 Å². The van der Waals surface area contributed by atoms with Gasteiger partial charge >= 0.3 is 0 Å². The Morgan fingerprint density at radius 1 is 1.26 bits per heavy atom. The molecule has 3 rings (SSSR count). The van der Waals surface area contributed by atoms with Crippen molar-refractivity contribution in [2.75, 3.05) is 0 Å². The Morgan fingerprint density at radius 2 is 2.05 bits per heavy atom. The fourth-order valence-corrected chi connectivity index (χ4v) is 2.63. The van der Waals surface area contributed by atoms with Gasteiger partial charge in [-0.2, -0.15) is 0 Å². The van der Waals surface area contributed by atoms with E-state index in [0.717, 1.165) is 15.8 Å². The second-order valence-electron chi connectivity index (χ2n) is 4.19. The van der Waals surface area contributed by atoms with E-state index >= 15 is 0 Å². The zero-order chi connectivity index (χ0) is 13.2. The fraction of sp³-hybridized carbons (Fsp3) is 0.0714. The van der Waals surface area contributed by atoms with Crippen molar-refractivity contribution in [1.82, 2.24) is 10.3 Å². The number of carbonyl (C=O) groups is 1. The molecule has 3 aromatic rings. The lowest BCUT2D eigenvalue weighted by Gasteiger charge is -2.03. The van der Waals surface area contributed by atoms with Gasteiger partial charge in [0.15, 0.2) is 0 Å². The van der Waals surface area contributed by atoms with Crippen molar-refractivity contribution < 1.29 is 9.18 Å². The van der Waals surface area contributed by atoms with E-state index in [0.29, 0.717) is 12.2 Å². The molecule has 0 aliphatic heterocycles. The van der Waals surface area contributed by atoms with Crippen LogP contribution >= 0.6 is 11.3 Å². The van der Waals surface area contributed by atoms with Crippen molar-refractivity contribution in [3.05, 3.63) is 58.9 Å². The van der Waals surface area contributed by atoms with Crippen molar-refractivity contribution in [2.24, 2.45) is 0 Å². The average molecular weight is 274 g/mol. The molecule has 0 saturated carbocycles. The van der Waals surface area contributed by atoms with E-state index in [1.807, 2.05) is 17.5 Å². The van der Waals surface area contributed by atoms with Gasteiger partial charge in [-0.15, -0.1) is 11.3 Å². The molecule has 0 aliphatic rings. The van der Waals surface area contributed by atoms with Gasteiger partial charge in [0.05, 0.1) is 10.2 Å². The number of fused-ring (bicyclic) bond motifs is 1. The van der Waals surface area contributed by atoms with E-state index in [9.17, 15) is 9.18 Å². The van der Waals surface area contributed by atoms with Crippen LogP contribution in [0.5, 0.6) is 0 Å². The van der Waals surface area contributed by atoms with Gasteiger partial charge in [0.1, 0.15) is 11.5 Å². The predicted molar refractivity (Wildman–Crippen MR) is 73.7 cm³/mol. The summed E-state index contributed by atoms with van der Waals surface area (Å²) in [5.74, 6) is -0.438. The summed E-state index contributed by atoms with van der Waals surface area (Å²) in [6, 6.07) is 9.85. The highest BCUT2D eigenvalue weighted by molar-refractivity contribution is 7.17. The standard InChI is InChI=1S/C14H11FN2OS/c15-10-3-1-9(2-4-10)8-16-14(18)12-7-13-11(17-12)5-6-19-13/h1-7,17H,8H2,(H,16,18). The molecular formula is C14H11FN2OS. The normalized spacial score (nSPS) is 10.8. The van der Waals surface area contributed by atoms with E-state index in [2.05, 4.69) is 10.3 Å². The molecule has 1 amide bonds. The van der Waals surface area contributed by atoms with Gasteiger partial charge in [-0.05, 0) is 35.2 Å². The highest BCUT2D eigenvalue weighted by atomic mass is 32.1. The second-order valence-corrected chi connectivity index (χ2v) is 5.14. The molecule has 3 nitrogen and oxygen atoms in total. The maximum Gasteiger partial charge on any atom is 0.268 e. The van der Waals surface area contributed by atoms with Crippen LogP contribution in [0.1, 0.15) is 16.1 Å². The summed E-state index contributed by atoms with van der Waals surface area (Å²) in [4.78, 5) is 15.0. The van der Waals surface area contributed by atoms with Crippen LogP contribution in [0.4, 0.5) is 4.39 Å². The van der Waals surface area contributed by atoms with E-state index in [4.69, 9.17) is 0 Å². The Kier molecular flexibility index (Phi) is 3.05. The minimum absolute atomic E-state index is 0.160. The number of thiophene rings is 1. The molecule has 2 N–H and O–H groups in total. The Morgan fingerprint density at radius 3 is 2.79 bits per heavy atom. The zero-order valence-corrected chi connectivity index (χ0v) is 10.8. The highest BCUT2D eigenvalue weighted by Crippen LogP contribution is 2.21. The van der Waals surface area contributed by atoms with Crippen molar-refractivity contribution in [3.8, 4) is 0 Å². The molecule has 0 aliphatic carbocycles. The summed E-state index contributed by atoms with van der Waals surface area (Å²) in [5, 5.41) is 4.77. The van der Waals surface area contributed by atoms with E-state index < -0.39 is 0 Å². The number of carbonyl (C=O) groups excluding carboxylic acids is 1. The minimum atomic E-state index is -0.278. The molecule has 0 radical (unpaired) electrons. The minimum Gasteiger partial charge on any atom is -0.350 e. The lowest BCUT2D eigenvalue weighted by atomic mass is 10.2. The number of nitrogens with one attached hydrogen (secondary N) is 2. The van der Waals surface area contributed by atoms with Crippen molar-refractivity contribution >= 4 is 27.5 Å². The first-order chi connectivity index (χ1) is 9.22. The maximum atomic E-state index is 12.7. The van der Waals surface area contributed by atoms with Crippen molar-refractivity contribution in [2.45, 2.75) is 6.54 Å². The Balaban J connectivity index is 1.68. The first-order valence-corrected chi connectivity index (χ1v) is 6.69. The smallest absolute Gasteiger partial charge is 0.268 e. The highest BCUT2D eigenvalue weighted by Gasteiger charge is 2.09. The van der Waals surface area contributed by atoms with Crippen LogP contribution in [0.3, 0.4) is 0 Å². The molecule has 96 valence electrons. The first-order valence-electron chi connectivity index (χ1n) is 5.81. The van der Waals surface area contributed by atoms with Gasteiger partial charge < -0.3 is 10.3 Å². The Hall–Kier alpha value is -2.14. The van der Waals surface area contributed by atoms with Gasteiger partial charge in [0.25, 0.3) is 5.91 Å². The third-order valence-corrected chi connectivity index (χ3v) is 3.71. The molecule has 2 heterocycles. The summed E-state index contributed by atoms with van der Waals surface area (Å²) >= 11 is 1.59. The number of rotatable bonds is 3. The first kappa shape index (κ1) is 11.9. The lowest BCUT2D eigenvalue weighted by molar-refractivity contribution is 0.0947. The molecule has 0 bridgehead atoms. The maximum absolute atomic E-state index is 12.7. The van der Waals surface area contributed by atoms with Crippen molar-refractivity contribution in [3.63, 3.8) is 0 Å². The number of benzene rings is 1. The monoisotopic (exact) mass is 274 g/mol. The molecule has 5 heteroatoms. The number of amides is 1. The molecule has 1 aromatic carbocycles. The number of aromatic nitrogens is 1. The fourth-order valence-electron chi connectivity index (χ4n) is 1.85. The molecule has 19 heavy (non-hydrogen) atoms. The second kappa shape index (κ2) is 4.85. The average Bonchev–Trinajstić information content (AvgIpc) is 2.98. The Bertz CT molecular complexity index is 686. The van der Waals surface area contributed by atoms with Crippen molar-refractivity contribution in [1.29, 1.82) is 0 Å². The van der Waals surface area contributed by atoms with Crippen LogP contribution < -0.4 is 5.32 Å². The zero-order valence-electron chi connectivity index (χ0n) is 9.94. The summed E-state index contributed by atoms with van der Waals surface area (Å²) in [6.45, 7) is 0.381. The van der Waals surface area contributed by atoms with Crippen LogP contribution in [0.2, 0.25) is 0 Å². The Labute approximate surface area is 113 Å². The molecule has 0 atom stereocenters. The van der Waals surface area contributed by atoms with Crippen LogP contribution in [0, 0.1) is 5.82 Å². The van der Waals surface area contributed by atoms with E-state index in [1.165, 1.54) is 12.1 Å². The summed E-state index contributed by atoms with van der Waals surface area (Å²) in [6.07, 6.45) is 0. The number of H-pyrrole nitrogens is 1. The van der Waals surface area contributed by atoms with Gasteiger partial charge in [0.2, 0.25) is 0 Å². The molecule has 0 saturated heterocycles.